The fourth-order valence-electron chi connectivity index (χ4n) is 1.70. The number of benzene rings is 1. The van der Waals surface area contributed by atoms with Crippen LogP contribution in [0.4, 0.5) is 0 Å². The number of thioether (sulfide) groups is 1. The molecule has 3 nitrogen and oxygen atoms in total. The molecule has 1 aromatic rings. The second-order valence-corrected chi connectivity index (χ2v) is 5.40. The van der Waals surface area contributed by atoms with E-state index in [4.69, 9.17) is 5.73 Å². The van der Waals surface area contributed by atoms with Gasteiger partial charge in [0.2, 0.25) is 5.91 Å². The van der Waals surface area contributed by atoms with Gasteiger partial charge in [0.15, 0.2) is 0 Å². The Balaban J connectivity index is 2.27. The molecule has 0 aliphatic rings. The topological polar surface area (TPSA) is 55.1 Å². The quantitative estimate of drug-likeness (QED) is 0.790. The van der Waals surface area contributed by atoms with E-state index in [1.807, 2.05) is 12.3 Å². The van der Waals surface area contributed by atoms with Gasteiger partial charge in [0.25, 0.3) is 0 Å². The summed E-state index contributed by atoms with van der Waals surface area (Å²) in [6.45, 7) is 2.72. The van der Waals surface area contributed by atoms with E-state index in [0.29, 0.717) is 6.54 Å². The zero-order chi connectivity index (χ0) is 13.4. The molecule has 0 aliphatic heterocycles. The normalized spacial score (nSPS) is 12.2. The van der Waals surface area contributed by atoms with Crippen molar-refractivity contribution in [2.24, 2.45) is 5.73 Å². The zero-order valence-electron chi connectivity index (χ0n) is 11.1. The van der Waals surface area contributed by atoms with E-state index in [1.54, 1.807) is 11.8 Å². The van der Waals surface area contributed by atoms with Gasteiger partial charge in [-0.2, -0.15) is 11.8 Å². The summed E-state index contributed by atoms with van der Waals surface area (Å²) in [4.78, 5) is 11.7. The van der Waals surface area contributed by atoms with Crippen LogP contribution in [0.3, 0.4) is 0 Å². The van der Waals surface area contributed by atoms with Gasteiger partial charge in [-0.3, -0.25) is 4.79 Å². The van der Waals surface area contributed by atoms with Crippen molar-refractivity contribution in [1.82, 2.24) is 5.32 Å². The lowest BCUT2D eigenvalue weighted by Crippen LogP contribution is -2.41. The van der Waals surface area contributed by atoms with Gasteiger partial charge >= 0.3 is 0 Å². The Morgan fingerprint density at radius 2 is 2.28 bits per heavy atom. The minimum absolute atomic E-state index is 0.0447. The Labute approximate surface area is 114 Å². The molecule has 0 fully saturated rings. The number of amides is 1. The van der Waals surface area contributed by atoms with E-state index in [2.05, 4.69) is 30.4 Å². The van der Waals surface area contributed by atoms with Gasteiger partial charge in [-0.1, -0.05) is 29.8 Å². The number of carbonyl (C=O) groups is 1. The van der Waals surface area contributed by atoms with E-state index in [0.717, 1.165) is 18.6 Å². The molecular weight excluding hydrogens is 244 g/mol. The van der Waals surface area contributed by atoms with E-state index in [9.17, 15) is 4.79 Å². The average molecular weight is 266 g/mol. The third kappa shape index (κ3) is 5.56. The van der Waals surface area contributed by atoms with Gasteiger partial charge in [-0.15, -0.1) is 0 Å². The Morgan fingerprint density at radius 1 is 1.50 bits per heavy atom. The first-order chi connectivity index (χ1) is 8.63. The number of nitrogens with two attached hydrogens (primary N) is 1. The Bertz CT molecular complexity index is 382. The zero-order valence-corrected chi connectivity index (χ0v) is 11.9. The Hall–Kier alpha value is -1.00. The first-order valence-electron chi connectivity index (χ1n) is 6.21. The molecule has 0 saturated carbocycles. The van der Waals surface area contributed by atoms with Crippen LogP contribution in [0.5, 0.6) is 0 Å². The standard InChI is InChI=1S/C14H22N2OS/c1-11-4-3-5-12(10-11)6-8-16-14(17)13(15)7-9-18-2/h3-5,10,13H,6-9,15H2,1-2H3,(H,16,17)/t13-/m0/s1. The molecule has 1 rings (SSSR count). The van der Waals surface area contributed by atoms with Crippen LogP contribution in [0.2, 0.25) is 0 Å². The van der Waals surface area contributed by atoms with E-state index >= 15 is 0 Å². The van der Waals surface area contributed by atoms with Crippen molar-refractivity contribution in [2.45, 2.75) is 25.8 Å². The third-order valence-corrected chi connectivity index (χ3v) is 3.41. The monoisotopic (exact) mass is 266 g/mol. The highest BCUT2D eigenvalue weighted by atomic mass is 32.2. The number of rotatable bonds is 7. The number of hydrogen-bond acceptors (Lipinski definition) is 3. The largest absolute Gasteiger partial charge is 0.354 e. The van der Waals surface area contributed by atoms with Crippen LogP contribution in [-0.4, -0.2) is 30.5 Å². The number of hydrogen-bond donors (Lipinski definition) is 2. The van der Waals surface area contributed by atoms with Gasteiger partial charge in [0.05, 0.1) is 6.04 Å². The summed E-state index contributed by atoms with van der Waals surface area (Å²) >= 11 is 1.71. The fourth-order valence-corrected chi connectivity index (χ4v) is 2.19. The van der Waals surface area contributed by atoms with Crippen LogP contribution >= 0.6 is 11.8 Å². The average Bonchev–Trinajstić information content (AvgIpc) is 2.35. The molecule has 0 aromatic heterocycles. The van der Waals surface area contributed by atoms with E-state index in [-0.39, 0.29) is 11.9 Å². The molecule has 0 radical (unpaired) electrons. The van der Waals surface area contributed by atoms with Crippen molar-refractivity contribution in [3.05, 3.63) is 35.4 Å². The third-order valence-electron chi connectivity index (χ3n) is 2.77. The van der Waals surface area contributed by atoms with Crippen molar-refractivity contribution in [3.8, 4) is 0 Å². The molecule has 1 atom stereocenters. The van der Waals surface area contributed by atoms with Crippen molar-refractivity contribution in [1.29, 1.82) is 0 Å². The molecule has 0 bridgehead atoms. The fraction of sp³-hybridized carbons (Fsp3) is 0.500. The first kappa shape index (κ1) is 15.1. The molecular formula is C14H22N2OS. The van der Waals surface area contributed by atoms with Crippen LogP contribution in [0.15, 0.2) is 24.3 Å². The highest BCUT2D eigenvalue weighted by molar-refractivity contribution is 7.98. The number of aryl methyl sites for hydroxylation is 1. The van der Waals surface area contributed by atoms with Gasteiger partial charge in [-0.25, -0.2) is 0 Å². The molecule has 0 aliphatic carbocycles. The summed E-state index contributed by atoms with van der Waals surface area (Å²) in [5.74, 6) is 0.878. The molecule has 4 heteroatoms. The van der Waals surface area contributed by atoms with Crippen LogP contribution in [0, 0.1) is 6.92 Å². The summed E-state index contributed by atoms with van der Waals surface area (Å²) < 4.78 is 0. The molecule has 0 unspecified atom stereocenters. The predicted molar refractivity (Wildman–Crippen MR) is 78.9 cm³/mol. The number of carbonyl (C=O) groups excluding carboxylic acids is 1. The molecule has 1 amide bonds. The first-order valence-corrected chi connectivity index (χ1v) is 7.60. The van der Waals surface area contributed by atoms with Crippen molar-refractivity contribution < 1.29 is 4.79 Å². The maximum atomic E-state index is 11.7. The molecule has 0 heterocycles. The molecule has 1 aromatic carbocycles. The van der Waals surface area contributed by atoms with E-state index < -0.39 is 0 Å². The molecule has 0 saturated heterocycles. The molecule has 0 spiro atoms. The Kier molecular flexibility index (Phi) is 6.83. The summed E-state index contributed by atoms with van der Waals surface area (Å²) in [6.07, 6.45) is 3.60. The van der Waals surface area contributed by atoms with Gasteiger partial charge in [0.1, 0.15) is 0 Å². The van der Waals surface area contributed by atoms with Crippen molar-refractivity contribution in [2.75, 3.05) is 18.6 Å². The van der Waals surface area contributed by atoms with Gasteiger partial charge in [-0.05, 0) is 37.3 Å². The second kappa shape index (κ2) is 8.16. The lowest BCUT2D eigenvalue weighted by molar-refractivity contribution is -0.122. The lowest BCUT2D eigenvalue weighted by Gasteiger charge is -2.11. The second-order valence-electron chi connectivity index (χ2n) is 4.42. The van der Waals surface area contributed by atoms with Crippen LogP contribution < -0.4 is 11.1 Å². The lowest BCUT2D eigenvalue weighted by atomic mass is 10.1. The molecule has 18 heavy (non-hydrogen) atoms. The van der Waals surface area contributed by atoms with Crippen LogP contribution in [0.25, 0.3) is 0 Å². The summed E-state index contributed by atoms with van der Waals surface area (Å²) in [5.41, 5.74) is 8.27. The Morgan fingerprint density at radius 3 is 2.94 bits per heavy atom. The molecule has 3 N–H and O–H groups in total. The predicted octanol–water partition coefficient (Wildman–Crippen LogP) is 1.73. The summed E-state index contributed by atoms with van der Waals surface area (Å²) in [7, 11) is 0. The minimum Gasteiger partial charge on any atom is -0.354 e. The minimum atomic E-state index is -0.380. The SMILES string of the molecule is CSCC[C@H](N)C(=O)NCCc1cccc(C)c1. The highest BCUT2D eigenvalue weighted by Gasteiger charge is 2.11. The van der Waals surface area contributed by atoms with Crippen LogP contribution in [0.1, 0.15) is 17.5 Å². The smallest absolute Gasteiger partial charge is 0.236 e. The van der Waals surface area contributed by atoms with Gasteiger partial charge in [0, 0.05) is 6.54 Å². The molecule has 100 valence electrons. The highest BCUT2D eigenvalue weighted by Crippen LogP contribution is 2.04. The van der Waals surface area contributed by atoms with Crippen molar-refractivity contribution in [3.63, 3.8) is 0 Å². The van der Waals surface area contributed by atoms with Crippen LogP contribution in [-0.2, 0) is 11.2 Å². The van der Waals surface area contributed by atoms with E-state index in [1.165, 1.54) is 11.1 Å². The maximum Gasteiger partial charge on any atom is 0.236 e. The van der Waals surface area contributed by atoms with Crippen molar-refractivity contribution >= 4 is 17.7 Å². The summed E-state index contributed by atoms with van der Waals surface area (Å²) in [6, 6.07) is 7.94. The number of nitrogens with one attached hydrogen (secondary N) is 1. The van der Waals surface area contributed by atoms with Gasteiger partial charge < -0.3 is 11.1 Å². The summed E-state index contributed by atoms with van der Waals surface area (Å²) in [5, 5.41) is 2.89. The maximum absolute atomic E-state index is 11.7.